The van der Waals surface area contributed by atoms with Gasteiger partial charge in [0.1, 0.15) is 12.1 Å². The van der Waals surface area contributed by atoms with Crippen molar-refractivity contribution in [1.82, 2.24) is 20.6 Å². The Hall–Kier alpha value is -2.46. The molecule has 1 aromatic rings. The molecule has 0 aliphatic rings. The van der Waals surface area contributed by atoms with Gasteiger partial charge in [0, 0.05) is 18.3 Å². The Morgan fingerprint density at radius 3 is 2.24 bits per heavy atom. The summed E-state index contributed by atoms with van der Waals surface area (Å²) in [5.41, 5.74) is 6.43. The number of H-pyrrole nitrogens is 1. The molecule has 0 bridgehead atoms. The maximum atomic E-state index is 12.3. The Morgan fingerprint density at radius 2 is 1.80 bits per heavy atom. The Morgan fingerprint density at radius 1 is 1.20 bits per heavy atom. The Kier molecular flexibility index (Phi) is 7.52. The molecule has 2 amide bonds. The molecule has 140 valence electrons. The molecule has 10 nitrogen and oxygen atoms in total. The topological polar surface area (TPSA) is 170 Å². The highest BCUT2D eigenvalue weighted by Gasteiger charge is 2.32. The standard InChI is InChI=1S/C15H25N5O5/c1-7(2)11(15(24)25)19-14(23)12(8(3)21)20-13(22)10(16)4-9-5-17-6-18-9/h5-8,10-12,21H,4,16H2,1-3H3,(H,17,18)(H,19,23)(H,20,22)(H,24,25)/t8-,10+,11+,12+/m1/s1. The summed E-state index contributed by atoms with van der Waals surface area (Å²) in [5.74, 6) is -3.00. The van der Waals surface area contributed by atoms with Crippen LogP contribution < -0.4 is 16.4 Å². The third kappa shape index (κ3) is 6.16. The molecule has 0 aliphatic heterocycles. The molecule has 4 atom stereocenters. The fraction of sp³-hybridized carbons (Fsp3) is 0.600. The monoisotopic (exact) mass is 355 g/mol. The number of carboxylic acid groups (broad SMARTS) is 1. The van der Waals surface area contributed by atoms with Crippen LogP contribution in [0.25, 0.3) is 0 Å². The van der Waals surface area contributed by atoms with Crippen LogP contribution in [-0.4, -0.2) is 62.2 Å². The fourth-order valence-corrected chi connectivity index (χ4v) is 2.15. The number of imidazole rings is 1. The zero-order chi connectivity index (χ0) is 19.1. The van der Waals surface area contributed by atoms with Gasteiger partial charge >= 0.3 is 5.97 Å². The zero-order valence-electron chi connectivity index (χ0n) is 14.4. The number of aromatic nitrogens is 2. The van der Waals surface area contributed by atoms with Crippen molar-refractivity contribution in [3.05, 3.63) is 18.2 Å². The van der Waals surface area contributed by atoms with Crippen LogP contribution in [0.4, 0.5) is 0 Å². The van der Waals surface area contributed by atoms with Crippen molar-refractivity contribution < 1.29 is 24.6 Å². The Labute approximate surface area is 145 Å². The fourth-order valence-electron chi connectivity index (χ4n) is 2.15. The molecule has 0 spiro atoms. The van der Waals surface area contributed by atoms with Crippen molar-refractivity contribution in [3.63, 3.8) is 0 Å². The molecular formula is C15H25N5O5. The van der Waals surface area contributed by atoms with Crippen molar-refractivity contribution in [2.75, 3.05) is 0 Å². The number of aromatic amines is 1. The quantitative estimate of drug-likeness (QED) is 0.309. The van der Waals surface area contributed by atoms with Crippen LogP contribution >= 0.6 is 0 Å². The van der Waals surface area contributed by atoms with Gasteiger partial charge in [-0.15, -0.1) is 0 Å². The minimum absolute atomic E-state index is 0.170. The van der Waals surface area contributed by atoms with E-state index in [1.54, 1.807) is 13.8 Å². The van der Waals surface area contributed by atoms with Crippen molar-refractivity contribution >= 4 is 17.8 Å². The second-order valence-electron chi connectivity index (χ2n) is 6.18. The molecule has 1 aromatic heterocycles. The third-order valence-corrected chi connectivity index (χ3v) is 3.62. The first-order valence-electron chi connectivity index (χ1n) is 7.88. The van der Waals surface area contributed by atoms with Gasteiger partial charge in [0.25, 0.3) is 0 Å². The van der Waals surface area contributed by atoms with Crippen LogP contribution in [0.15, 0.2) is 12.5 Å². The van der Waals surface area contributed by atoms with E-state index in [9.17, 15) is 19.5 Å². The number of aliphatic hydroxyl groups excluding tert-OH is 1. The molecule has 1 rings (SSSR count). The number of carbonyl (C=O) groups excluding carboxylic acids is 2. The summed E-state index contributed by atoms with van der Waals surface area (Å²) in [6.45, 7) is 4.58. The van der Waals surface area contributed by atoms with Gasteiger partial charge in [-0.1, -0.05) is 13.8 Å². The second kappa shape index (κ2) is 9.14. The van der Waals surface area contributed by atoms with E-state index in [0.29, 0.717) is 5.69 Å². The van der Waals surface area contributed by atoms with E-state index in [1.807, 2.05) is 0 Å². The van der Waals surface area contributed by atoms with E-state index < -0.39 is 42.0 Å². The van der Waals surface area contributed by atoms with Crippen LogP contribution in [0.5, 0.6) is 0 Å². The molecular weight excluding hydrogens is 330 g/mol. The van der Waals surface area contributed by atoms with Gasteiger partial charge in [0.2, 0.25) is 11.8 Å². The number of nitrogens with one attached hydrogen (secondary N) is 3. The number of nitrogens with two attached hydrogens (primary N) is 1. The minimum atomic E-state index is -1.32. The van der Waals surface area contributed by atoms with E-state index >= 15 is 0 Å². The summed E-state index contributed by atoms with van der Waals surface area (Å²) in [4.78, 5) is 42.2. The van der Waals surface area contributed by atoms with Crippen molar-refractivity contribution in [2.45, 2.75) is 51.4 Å². The highest BCUT2D eigenvalue weighted by Crippen LogP contribution is 2.04. The first-order chi connectivity index (χ1) is 11.6. The number of rotatable bonds is 9. The summed E-state index contributed by atoms with van der Waals surface area (Å²) in [5, 5.41) is 23.6. The molecule has 1 heterocycles. The van der Waals surface area contributed by atoms with Gasteiger partial charge in [-0.05, 0) is 12.8 Å². The van der Waals surface area contributed by atoms with Gasteiger partial charge < -0.3 is 31.6 Å². The van der Waals surface area contributed by atoms with Crippen LogP contribution in [0.2, 0.25) is 0 Å². The van der Waals surface area contributed by atoms with Crippen molar-refractivity contribution in [1.29, 1.82) is 0 Å². The lowest BCUT2D eigenvalue weighted by atomic mass is 10.0. The van der Waals surface area contributed by atoms with Crippen molar-refractivity contribution in [2.24, 2.45) is 11.7 Å². The highest BCUT2D eigenvalue weighted by atomic mass is 16.4. The van der Waals surface area contributed by atoms with Gasteiger partial charge in [0.15, 0.2) is 0 Å². The predicted molar refractivity (Wildman–Crippen MR) is 88.3 cm³/mol. The van der Waals surface area contributed by atoms with Crippen molar-refractivity contribution in [3.8, 4) is 0 Å². The van der Waals surface area contributed by atoms with E-state index in [1.165, 1.54) is 19.4 Å². The van der Waals surface area contributed by atoms with Gasteiger partial charge in [0.05, 0.1) is 18.5 Å². The minimum Gasteiger partial charge on any atom is -0.480 e. The molecule has 7 N–H and O–H groups in total. The largest absolute Gasteiger partial charge is 0.480 e. The smallest absolute Gasteiger partial charge is 0.326 e. The zero-order valence-corrected chi connectivity index (χ0v) is 14.4. The van der Waals surface area contributed by atoms with Crippen LogP contribution in [0, 0.1) is 5.92 Å². The Balaban J connectivity index is 2.73. The molecule has 0 unspecified atom stereocenters. The number of amides is 2. The summed E-state index contributed by atoms with van der Waals surface area (Å²) in [7, 11) is 0. The molecule has 0 fully saturated rings. The number of carbonyl (C=O) groups is 3. The maximum Gasteiger partial charge on any atom is 0.326 e. The predicted octanol–water partition coefficient (Wildman–Crippen LogP) is -1.63. The summed E-state index contributed by atoms with van der Waals surface area (Å²) in [6, 6.07) is -3.42. The maximum absolute atomic E-state index is 12.3. The first kappa shape index (κ1) is 20.6. The number of nitrogens with zero attached hydrogens (tertiary/aromatic N) is 1. The average Bonchev–Trinajstić information content (AvgIpc) is 3.01. The number of aliphatic carboxylic acids is 1. The molecule has 0 aromatic carbocycles. The van der Waals surface area contributed by atoms with Gasteiger partial charge in [-0.2, -0.15) is 0 Å². The van der Waals surface area contributed by atoms with Crippen LogP contribution in [-0.2, 0) is 20.8 Å². The lowest BCUT2D eigenvalue weighted by Gasteiger charge is -2.25. The summed E-state index contributed by atoms with van der Waals surface area (Å²) < 4.78 is 0. The SMILES string of the molecule is CC(C)[C@H](NC(=O)[C@@H](NC(=O)[C@@H](N)Cc1cnc[nH]1)[C@@H](C)O)C(=O)O. The third-order valence-electron chi connectivity index (χ3n) is 3.62. The summed E-state index contributed by atoms with van der Waals surface area (Å²) in [6.07, 6.45) is 1.91. The normalized spacial score (nSPS) is 15.9. The molecule has 10 heteroatoms. The molecule has 25 heavy (non-hydrogen) atoms. The molecule has 0 saturated carbocycles. The first-order valence-corrected chi connectivity index (χ1v) is 7.88. The number of carboxylic acids is 1. The number of hydrogen-bond acceptors (Lipinski definition) is 6. The van der Waals surface area contributed by atoms with E-state index in [0.717, 1.165) is 0 Å². The number of hydrogen-bond donors (Lipinski definition) is 6. The lowest BCUT2D eigenvalue weighted by molar-refractivity contribution is -0.144. The highest BCUT2D eigenvalue weighted by molar-refractivity contribution is 5.92. The molecule has 0 saturated heterocycles. The van der Waals surface area contributed by atoms with Gasteiger partial charge in [-0.25, -0.2) is 9.78 Å². The average molecular weight is 355 g/mol. The van der Waals surface area contributed by atoms with E-state index in [-0.39, 0.29) is 12.3 Å². The van der Waals surface area contributed by atoms with Gasteiger partial charge in [-0.3, -0.25) is 9.59 Å². The summed E-state index contributed by atoms with van der Waals surface area (Å²) >= 11 is 0. The Bertz CT molecular complexity index is 587. The lowest BCUT2D eigenvalue weighted by Crippen LogP contribution is -2.59. The number of aliphatic hydroxyl groups is 1. The van der Waals surface area contributed by atoms with Crippen LogP contribution in [0.3, 0.4) is 0 Å². The molecule has 0 aliphatic carbocycles. The van der Waals surface area contributed by atoms with E-state index in [2.05, 4.69) is 20.6 Å². The molecule has 0 radical (unpaired) electrons. The van der Waals surface area contributed by atoms with Crippen LogP contribution in [0.1, 0.15) is 26.5 Å². The second-order valence-corrected chi connectivity index (χ2v) is 6.18. The van der Waals surface area contributed by atoms with E-state index in [4.69, 9.17) is 10.8 Å².